The van der Waals surface area contributed by atoms with Crippen molar-refractivity contribution in [1.82, 2.24) is 5.32 Å². The fourth-order valence-corrected chi connectivity index (χ4v) is 4.79. The van der Waals surface area contributed by atoms with E-state index in [1.165, 1.54) is 17.0 Å². The highest BCUT2D eigenvalue weighted by Crippen LogP contribution is 2.32. The molecule has 38 heavy (non-hydrogen) atoms. The predicted molar refractivity (Wildman–Crippen MR) is 139 cm³/mol. The molecule has 8 nitrogen and oxygen atoms in total. The molecular weight excluding hydrogens is 521 g/mol. The minimum Gasteiger partial charge on any atom is -0.326 e. The maximum Gasteiger partial charge on any atom is 0.416 e. The standard InChI is InChI=1S/C26H25F3N4O4S/c1-38(36,37)32-22-9-3-2-8-21(22)17-11-13-20(14-12-17)33-15-5-10-23(24(33)34)31-25(35)30-19-7-4-6-18(16-19)26(27,28)29/h2-4,6-9,11-14,16,23,32H,5,10,15H2,1H3,(H2,30,31,35)/t23-/m1/s1. The fraction of sp³-hybridized carbons (Fsp3) is 0.231. The number of sulfonamides is 1. The van der Waals surface area contributed by atoms with Crippen LogP contribution in [0.1, 0.15) is 18.4 Å². The van der Waals surface area contributed by atoms with Crippen molar-refractivity contribution >= 4 is 39.0 Å². The number of hydrogen-bond acceptors (Lipinski definition) is 4. The number of alkyl halides is 3. The van der Waals surface area contributed by atoms with E-state index in [0.717, 1.165) is 24.0 Å². The molecule has 200 valence electrons. The van der Waals surface area contributed by atoms with Gasteiger partial charge in [-0.25, -0.2) is 13.2 Å². The lowest BCUT2D eigenvalue weighted by Gasteiger charge is -2.32. The van der Waals surface area contributed by atoms with E-state index in [2.05, 4.69) is 15.4 Å². The maximum absolute atomic E-state index is 13.1. The van der Waals surface area contributed by atoms with Gasteiger partial charge in [-0.1, -0.05) is 36.4 Å². The minimum atomic E-state index is -4.55. The molecule has 12 heteroatoms. The summed E-state index contributed by atoms with van der Waals surface area (Å²) >= 11 is 0. The second-order valence-electron chi connectivity index (χ2n) is 8.83. The molecule has 3 amide bonds. The molecule has 1 aliphatic rings. The molecule has 3 N–H and O–H groups in total. The average Bonchev–Trinajstić information content (AvgIpc) is 2.84. The molecule has 1 heterocycles. The number of piperidine rings is 1. The number of carbonyl (C=O) groups excluding carboxylic acids is 2. The lowest BCUT2D eigenvalue weighted by atomic mass is 10.0. The van der Waals surface area contributed by atoms with Crippen LogP contribution in [0.3, 0.4) is 0 Å². The number of rotatable bonds is 6. The molecule has 1 aliphatic heterocycles. The summed E-state index contributed by atoms with van der Waals surface area (Å²) in [5.41, 5.74) is 1.48. The van der Waals surface area contributed by atoms with Crippen molar-refractivity contribution in [1.29, 1.82) is 0 Å². The van der Waals surface area contributed by atoms with E-state index < -0.39 is 33.8 Å². The van der Waals surface area contributed by atoms with Crippen LogP contribution in [0.4, 0.5) is 35.0 Å². The van der Waals surface area contributed by atoms with Gasteiger partial charge in [0.25, 0.3) is 0 Å². The number of nitrogens with zero attached hydrogens (tertiary/aromatic N) is 1. The van der Waals surface area contributed by atoms with E-state index in [0.29, 0.717) is 36.3 Å². The largest absolute Gasteiger partial charge is 0.416 e. The summed E-state index contributed by atoms with van der Waals surface area (Å²) < 4.78 is 64.7. The van der Waals surface area contributed by atoms with Crippen LogP contribution < -0.4 is 20.3 Å². The third kappa shape index (κ3) is 6.62. The van der Waals surface area contributed by atoms with Crippen molar-refractivity contribution in [2.24, 2.45) is 0 Å². The van der Waals surface area contributed by atoms with Gasteiger partial charge in [0.2, 0.25) is 15.9 Å². The zero-order chi connectivity index (χ0) is 27.5. The molecule has 0 saturated carbocycles. The molecule has 0 bridgehead atoms. The second-order valence-corrected chi connectivity index (χ2v) is 10.6. The summed E-state index contributed by atoms with van der Waals surface area (Å²) in [6.07, 6.45) is -2.49. The fourth-order valence-electron chi connectivity index (χ4n) is 4.21. The number of amides is 3. The van der Waals surface area contributed by atoms with Crippen molar-refractivity contribution in [3.8, 4) is 11.1 Å². The first-order chi connectivity index (χ1) is 17.9. The summed E-state index contributed by atoms with van der Waals surface area (Å²) in [4.78, 5) is 27.1. The van der Waals surface area contributed by atoms with Crippen molar-refractivity contribution in [3.05, 3.63) is 78.4 Å². The first-order valence-electron chi connectivity index (χ1n) is 11.6. The molecular formula is C26H25F3N4O4S. The lowest BCUT2D eigenvalue weighted by Crippen LogP contribution is -2.53. The lowest BCUT2D eigenvalue weighted by molar-refractivity contribution is -0.137. The minimum absolute atomic E-state index is 0.0429. The molecule has 1 saturated heterocycles. The molecule has 3 aromatic carbocycles. The molecule has 0 spiro atoms. The SMILES string of the molecule is CS(=O)(=O)Nc1ccccc1-c1ccc(N2CCC[C@@H](NC(=O)Nc3cccc(C(F)(F)F)c3)C2=O)cc1. The van der Waals surface area contributed by atoms with E-state index in [1.807, 2.05) is 0 Å². The van der Waals surface area contributed by atoms with Crippen LogP contribution in [-0.2, 0) is 21.0 Å². The quantitative estimate of drug-likeness (QED) is 0.402. The van der Waals surface area contributed by atoms with Gasteiger partial charge < -0.3 is 15.5 Å². The number of halogens is 3. The smallest absolute Gasteiger partial charge is 0.326 e. The first kappa shape index (κ1) is 27.0. The van der Waals surface area contributed by atoms with Crippen LogP contribution in [0.2, 0.25) is 0 Å². The van der Waals surface area contributed by atoms with Crippen LogP contribution >= 0.6 is 0 Å². The normalized spacial score (nSPS) is 16.2. The van der Waals surface area contributed by atoms with Gasteiger partial charge in [-0.2, -0.15) is 13.2 Å². The van der Waals surface area contributed by atoms with E-state index in [9.17, 15) is 31.2 Å². The van der Waals surface area contributed by atoms with Crippen molar-refractivity contribution in [2.45, 2.75) is 25.1 Å². The Labute approximate surface area is 217 Å². The van der Waals surface area contributed by atoms with Crippen LogP contribution in [-0.4, -0.2) is 39.2 Å². The third-order valence-electron chi connectivity index (χ3n) is 5.90. The highest BCUT2D eigenvalue weighted by Gasteiger charge is 2.32. The van der Waals surface area contributed by atoms with Gasteiger partial charge in [0, 0.05) is 23.5 Å². The molecule has 0 unspecified atom stereocenters. The predicted octanol–water partition coefficient (Wildman–Crippen LogP) is 5.06. The van der Waals surface area contributed by atoms with Crippen molar-refractivity contribution in [3.63, 3.8) is 0 Å². The van der Waals surface area contributed by atoms with Gasteiger partial charge in [-0.05, 0) is 54.8 Å². The highest BCUT2D eigenvalue weighted by molar-refractivity contribution is 7.92. The second kappa shape index (κ2) is 10.7. The number of benzene rings is 3. The number of urea groups is 1. The molecule has 0 radical (unpaired) electrons. The van der Waals surface area contributed by atoms with E-state index >= 15 is 0 Å². The van der Waals surface area contributed by atoms with Gasteiger partial charge in [0.05, 0.1) is 17.5 Å². The maximum atomic E-state index is 13.1. The highest BCUT2D eigenvalue weighted by atomic mass is 32.2. The zero-order valence-electron chi connectivity index (χ0n) is 20.2. The monoisotopic (exact) mass is 546 g/mol. The van der Waals surface area contributed by atoms with E-state index in [1.54, 1.807) is 48.5 Å². The number of anilines is 3. The first-order valence-corrected chi connectivity index (χ1v) is 13.5. The molecule has 0 aliphatic carbocycles. The van der Waals surface area contributed by atoms with Gasteiger partial charge in [0.1, 0.15) is 6.04 Å². The number of carbonyl (C=O) groups is 2. The topological polar surface area (TPSA) is 108 Å². The van der Waals surface area contributed by atoms with Gasteiger partial charge in [0.15, 0.2) is 0 Å². The van der Waals surface area contributed by atoms with Gasteiger partial charge >= 0.3 is 12.2 Å². The molecule has 3 aromatic rings. The van der Waals surface area contributed by atoms with Crippen LogP contribution in [0.5, 0.6) is 0 Å². The summed E-state index contributed by atoms with van der Waals surface area (Å²) in [5.74, 6) is -0.345. The summed E-state index contributed by atoms with van der Waals surface area (Å²) in [7, 11) is -3.48. The Morgan fingerprint density at radius 3 is 2.39 bits per heavy atom. The Hall–Kier alpha value is -4.06. The zero-order valence-corrected chi connectivity index (χ0v) is 21.1. The van der Waals surface area contributed by atoms with Gasteiger partial charge in [-0.15, -0.1) is 0 Å². The Bertz CT molecular complexity index is 1440. The van der Waals surface area contributed by atoms with Crippen LogP contribution in [0.15, 0.2) is 72.8 Å². The Morgan fingerprint density at radius 2 is 1.71 bits per heavy atom. The van der Waals surface area contributed by atoms with E-state index in [-0.39, 0.29) is 11.6 Å². The van der Waals surface area contributed by atoms with Crippen LogP contribution in [0, 0.1) is 0 Å². The summed E-state index contributed by atoms with van der Waals surface area (Å²) in [6.45, 7) is 0.428. The number of hydrogen-bond donors (Lipinski definition) is 3. The third-order valence-corrected chi connectivity index (χ3v) is 6.49. The molecule has 0 aromatic heterocycles. The Balaban J connectivity index is 1.44. The molecule has 1 atom stereocenters. The van der Waals surface area contributed by atoms with E-state index in [4.69, 9.17) is 0 Å². The molecule has 4 rings (SSSR count). The summed E-state index contributed by atoms with van der Waals surface area (Å²) in [5, 5.41) is 4.91. The average molecular weight is 547 g/mol. The Kier molecular flexibility index (Phi) is 7.63. The van der Waals surface area contributed by atoms with Crippen molar-refractivity contribution in [2.75, 3.05) is 27.7 Å². The Morgan fingerprint density at radius 1 is 1.00 bits per heavy atom. The van der Waals surface area contributed by atoms with Crippen molar-refractivity contribution < 1.29 is 31.2 Å². The molecule has 1 fully saturated rings. The summed E-state index contributed by atoms with van der Waals surface area (Å²) in [6, 6.07) is 16.5. The van der Waals surface area contributed by atoms with Crippen LogP contribution in [0.25, 0.3) is 11.1 Å². The number of nitrogens with one attached hydrogen (secondary N) is 3. The van der Waals surface area contributed by atoms with Gasteiger partial charge in [-0.3, -0.25) is 9.52 Å². The number of para-hydroxylation sites is 1.